The molecular weight excluding hydrogens is 314 g/mol. The van der Waals surface area contributed by atoms with Gasteiger partial charge in [-0.05, 0) is 35.4 Å². The van der Waals surface area contributed by atoms with Crippen LogP contribution in [0.2, 0.25) is 0 Å². The van der Waals surface area contributed by atoms with Gasteiger partial charge in [0.15, 0.2) is 0 Å². The van der Waals surface area contributed by atoms with Crippen LogP contribution in [-0.4, -0.2) is 11.6 Å². The molecule has 0 unspecified atom stereocenters. The van der Waals surface area contributed by atoms with Crippen molar-refractivity contribution < 1.29 is 4.74 Å². The highest BCUT2D eigenvalue weighted by Gasteiger charge is 2.01. The molecule has 0 saturated carbocycles. The van der Waals surface area contributed by atoms with Crippen molar-refractivity contribution >= 4 is 27.5 Å². The largest absolute Gasteiger partial charge is 0.493 e. The lowest BCUT2D eigenvalue weighted by molar-refractivity contribution is 0.321. The molecule has 0 saturated heterocycles. The average molecular weight is 327 g/mol. The first-order valence-electron chi connectivity index (χ1n) is 5.65. The Morgan fingerprint density at radius 1 is 1.28 bits per heavy atom. The Hall–Kier alpha value is -1.06. The Morgan fingerprint density at radius 3 is 2.89 bits per heavy atom. The average Bonchev–Trinajstić information content (AvgIpc) is 2.42. The second-order valence-corrected chi connectivity index (χ2v) is 4.97. The summed E-state index contributed by atoms with van der Waals surface area (Å²) in [4.78, 5) is 4.07. The predicted octanol–water partition coefficient (Wildman–Crippen LogP) is 4.20. The summed E-state index contributed by atoms with van der Waals surface area (Å²) in [6.07, 6.45) is 4.47. The molecule has 2 aromatic rings. The molecule has 0 aliphatic carbocycles. The first-order valence-corrected chi connectivity index (χ1v) is 6.98. The van der Waals surface area contributed by atoms with E-state index >= 15 is 0 Å². The molecule has 2 rings (SSSR count). The molecule has 1 aromatic carbocycles. The molecule has 0 fully saturated rings. The molecule has 1 aromatic heterocycles. The van der Waals surface area contributed by atoms with Gasteiger partial charge in [0.2, 0.25) is 0 Å². The van der Waals surface area contributed by atoms with Crippen molar-refractivity contribution in [2.75, 3.05) is 6.61 Å². The van der Waals surface area contributed by atoms with Gasteiger partial charge in [-0.1, -0.05) is 22.0 Å². The van der Waals surface area contributed by atoms with Crippen LogP contribution in [0.5, 0.6) is 5.75 Å². The quantitative estimate of drug-likeness (QED) is 0.768. The third-order valence-corrected chi connectivity index (χ3v) is 3.60. The molecule has 2 nitrogen and oxygen atoms in total. The van der Waals surface area contributed by atoms with Crippen LogP contribution in [0.15, 0.2) is 47.2 Å². The van der Waals surface area contributed by atoms with Gasteiger partial charge < -0.3 is 4.74 Å². The molecule has 0 bridgehead atoms. The van der Waals surface area contributed by atoms with Gasteiger partial charge in [0.25, 0.3) is 0 Å². The SMILES string of the molecule is ClCc1cc(OCCc2cccnc2)ccc1Br. The molecule has 94 valence electrons. The first kappa shape index (κ1) is 13.4. The van der Waals surface area contributed by atoms with Crippen LogP contribution in [0.3, 0.4) is 0 Å². The lowest BCUT2D eigenvalue weighted by Gasteiger charge is -2.08. The van der Waals surface area contributed by atoms with Crippen molar-refractivity contribution in [1.29, 1.82) is 0 Å². The van der Waals surface area contributed by atoms with Gasteiger partial charge in [0, 0.05) is 29.2 Å². The third-order valence-electron chi connectivity index (χ3n) is 2.54. The van der Waals surface area contributed by atoms with Gasteiger partial charge in [0.1, 0.15) is 5.75 Å². The van der Waals surface area contributed by atoms with E-state index in [1.165, 1.54) is 5.56 Å². The Labute approximate surface area is 120 Å². The Balaban J connectivity index is 1.91. The smallest absolute Gasteiger partial charge is 0.119 e. The number of pyridine rings is 1. The molecule has 0 aliphatic rings. The van der Waals surface area contributed by atoms with E-state index in [1.54, 1.807) is 6.20 Å². The number of alkyl halides is 1. The van der Waals surface area contributed by atoms with Crippen LogP contribution in [0, 0.1) is 0 Å². The summed E-state index contributed by atoms with van der Waals surface area (Å²) < 4.78 is 6.71. The summed E-state index contributed by atoms with van der Waals surface area (Å²) in [5.74, 6) is 1.32. The summed E-state index contributed by atoms with van der Waals surface area (Å²) in [5.41, 5.74) is 2.21. The van der Waals surface area contributed by atoms with E-state index in [0.717, 1.165) is 22.2 Å². The van der Waals surface area contributed by atoms with E-state index in [4.69, 9.17) is 16.3 Å². The fraction of sp³-hybridized carbons (Fsp3) is 0.214. The standard InChI is InChI=1S/C14H13BrClNO/c15-14-4-3-13(8-12(14)9-16)18-7-5-11-2-1-6-17-10-11/h1-4,6,8,10H,5,7,9H2. The maximum atomic E-state index is 5.84. The minimum absolute atomic E-state index is 0.473. The van der Waals surface area contributed by atoms with Crippen molar-refractivity contribution in [3.05, 3.63) is 58.3 Å². The minimum atomic E-state index is 0.473. The molecular formula is C14H13BrClNO. The highest BCUT2D eigenvalue weighted by atomic mass is 79.9. The number of hydrogen-bond acceptors (Lipinski definition) is 2. The van der Waals surface area contributed by atoms with Crippen LogP contribution in [-0.2, 0) is 12.3 Å². The van der Waals surface area contributed by atoms with Crippen LogP contribution in [0.1, 0.15) is 11.1 Å². The minimum Gasteiger partial charge on any atom is -0.493 e. The summed E-state index contributed by atoms with van der Waals surface area (Å²) in [7, 11) is 0. The Bertz CT molecular complexity index is 504. The van der Waals surface area contributed by atoms with Gasteiger partial charge in [-0.2, -0.15) is 0 Å². The van der Waals surface area contributed by atoms with Gasteiger partial charge in [0.05, 0.1) is 6.61 Å². The monoisotopic (exact) mass is 325 g/mol. The van der Waals surface area contributed by atoms with E-state index in [-0.39, 0.29) is 0 Å². The zero-order chi connectivity index (χ0) is 12.8. The summed E-state index contributed by atoms with van der Waals surface area (Å²) in [5, 5.41) is 0. The maximum absolute atomic E-state index is 5.84. The van der Waals surface area contributed by atoms with Gasteiger partial charge in [-0.15, -0.1) is 11.6 Å². The van der Waals surface area contributed by atoms with E-state index in [9.17, 15) is 0 Å². The summed E-state index contributed by atoms with van der Waals surface area (Å²) in [6.45, 7) is 0.634. The molecule has 1 heterocycles. The van der Waals surface area contributed by atoms with Crippen LogP contribution >= 0.6 is 27.5 Å². The molecule has 0 amide bonds. The zero-order valence-electron chi connectivity index (χ0n) is 9.77. The lowest BCUT2D eigenvalue weighted by atomic mass is 10.2. The summed E-state index contributed by atoms with van der Waals surface area (Å²) in [6, 6.07) is 9.82. The molecule has 0 radical (unpaired) electrons. The molecule has 0 N–H and O–H groups in total. The van der Waals surface area contributed by atoms with Crippen molar-refractivity contribution in [2.24, 2.45) is 0 Å². The van der Waals surface area contributed by atoms with Crippen molar-refractivity contribution in [3.8, 4) is 5.75 Å². The van der Waals surface area contributed by atoms with Crippen molar-refractivity contribution in [3.63, 3.8) is 0 Å². The zero-order valence-corrected chi connectivity index (χ0v) is 12.1. The van der Waals surface area contributed by atoms with Crippen molar-refractivity contribution in [1.82, 2.24) is 4.98 Å². The maximum Gasteiger partial charge on any atom is 0.119 e. The number of hydrogen-bond donors (Lipinski definition) is 0. The van der Waals surface area contributed by atoms with E-state index in [0.29, 0.717) is 12.5 Å². The molecule has 0 aliphatic heterocycles. The van der Waals surface area contributed by atoms with Crippen LogP contribution in [0.4, 0.5) is 0 Å². The van der Waals surface area contributed by atoms with Crippen LogP contribution in [0.25, 0.3) is 0 Å². The van der Waals surface area contributed by atoms with Gasteiger partial charge in [-0.3, -0.25) is 4.98 Å². The molecule has 4 heteroatoms. The number of nitrogens with zero attached hydrogens (tertiary/aromatic N) is 1. The first-order chi connectivity index (χ1) is 8.79. The van der Waals surface area contributed by atoms with Crippen molar-refractivity contribution in [2.45, 2.75) is 12.3 Å². The normalized spacial score (nSPS) is 10.3. The highest BCUT2D eigenvalue weighted by Crippen LogP contribution is 2.24. The lowest BCUT2D eigenvalue weighted by Crippen LogP contribution is -2.01. The van der Waals surface area contributed by atoms with E-state index < -0.39 is 0 Å². The number of benzene rings is 1. The van der Waals surface area contributed by atoms with Gasteiger partial charge in [-0.25, -0.2) is 0 Å². The molecule has 18 heavy (non-hydrogen) atoms. The second kappa shape index (κ2) is 6.76. The fourth-order valence-electron chi connectivity index (χ4n) is 1.58. The third kappa shape index (κ3) is 3.72. The topological polar surface area (TPSA) is 22.1 Å². The summed E-state index contributed by atoms with van der Waals surface area (Å²) >= 11 is 9.29. The fourth-order valence-corrected chi connectivity index (χ4v) is 2.35. The Morgan fingerprint density at radius 2 is 2.17 bits per heavy atom. The second-order valence-electron chi connectivity index (χ2n) is 3.85. The number of ether oxygens (including phenoxy) is 1. The molecule has 0 atom stereocenters. The Kier molecular flexibility index (Phi) is 5.02. The number of aromatic nitrogens is 1. The van der Waals surface area contributed by atoms with E-state index in [2.05, 4.69) is 20.9 Å². The highest BCUT2D eigenvalue weighted by molar-refractivity contribution is 9.10. The molecule has 0 spiro atoms. The van der Waals surface area contributed by atoms with E-state index in [1.807, 2.05) is 36.5 Å². The predicted molar refractivity (Wildman–Crippen MR) is 77.1 cm³/mol. The van der Waals surface area contributed by atoms with Crippen LogP contribution < -0.4 is 4.74 Å². The number of halogens is 2. The van der Waals surface area contributed by atoms with Gasteiger partial charge >= 0.3 is 0 Å². The number of rotatable bonds is 5.